The molecule has 0 bridgehead atoms. The number of carbonyl (C=O) groups excluding carboxylic acids is 2. The number of hydrogen-bond donors (Lipinski definition) is 1. The van der Waals surface area contributed by atoms with Crippen molar-refractivity contribution in [3.05, 3.63) is 11.6 Å². The number of carbonyl (C=O) groups is 2. The van der Waals surface area contributed by atoms with Crippen LogP contribution in [0.4, 0.5) is 0 Å². The summed E-state index contributed by atoms with van der Waals surface area (Å²) >= 11 is 0. The molecule has 6 unspecified atom stereocenters. The molecule has 140 valence electrons. The average molecular weight is 352 g/mol. The van der Waals surface area contributed by atoms with Gasteiger partial charge in [-0.2, -0.15) is 0 Å². The number of esters is 2. The maximum atomic E-state index is 11.5. The SMILES string of the molecule is CC(=O)OCC12CCC3C(C=C(C)C(OC(C)=O)C(O)C1O2)C3(C)C. The highest BCUT2D eigenvalue weighted by Crippen LogP contribution is 2.63. The van der Waals surface area contributed by atoms with Gasteiger partial charge in [0, 0.05) is 13.8 Å². The molecular weight excluding hydrogens is 324 g/mol. The van der Waals surface area contributed by atoms with Gasteiger partial charge in [0.1, 0.15) is 24.4 Å². The maximum Gasteiger partial charge on any atom is 0.303 e. The number of rotatable bonds is 3. The molecule has 0 aromatic heterocycles. The first kappa shape index (κ1) is 18.4. The molecule has 2 aliphatic carbocycles. The maximum absolute atomic E-state index is 11.5. The number of ether oxygens (including phenoxy) is 3. The third-order valence-electron chi connectivity index (χ3n) is 6.16. The first-order valence-corrected chi connectivity index (χ1v) is 8.93. The van der Waals surface area contributed by atoms with Crippen molar-refractivity contribution in [2.75, 3.05) is 6.61 Å². The van der Waals surface area contributed by atoms with Crippen molar-refractivity contribution < 1.29 is 28.9 Å². The van der Waals surface area contributed by atoms with Crippen molar-refractivity contribution >= 4 is 11.9 Å². The minimum atomic E-state index is -0.978. The third kappa shape index (κ3) is 3.34. The molecule has 6 heteroatoms. The van der Waals surface area contributed by atoms with E-state index in [2.05, 4.69) is 19.9 Å². The Kier molecular flexibility index (Phi) is 4.48. The van der Waals surface area contributed by atoms with Crippen LogP contribution in [-0.2, 0) is 23.8 Å². The standard InChI is InChI=1S/C19H28O6/c1-10-8-14-13(18(14,4)5)6-7-19(9-23-11(2)20)17(25-19)15(22)16(10)24-12(3)21/h8,13-17,22H,6-7,9H2,1-5H3. The predicted octanol–water partition coefficient (Wildman–Crippen LogP) is 1.99. The van der Waals surface area contributed by atoms with Crippen molar-refractivity contribution in [1.82, 2.24) is 0 Å². The predicted molar refractivity (Wildman–Crippen MR) is 89.5 cm³/mol. The lowest BCUT2D eigenvalue weighted by Gasteiger charge is -2.25. The Morgan fingerprint density at radius 3 is 2.60 bits per heavy atom. The highest BCUT2D eigenvalue weighted by molar-refractivity contribution is 5.66. The van der Waals surface area contributed by atoms with Gasteiger partial charge in [-0.3, -0.25) is 9.59 Å². The van der Waals surface area contributed by atoms with Crippen LogP contribution >= 0.6 is 0 Å². The fraction of sp³-hybridized carbons (Fsp3) is 0.789. The van der Waals surface area contributed by atoms with E-state index in [1.54, 1.807) is 0 Å². The zero-order valence-corrected chi connectivity index (χ0v) is 15.6. The molecule has 2 fully saturated rings. The van der Waals surface area contributed by atoms with Crippen LogP contribution in [0.5, 0.6) is 0 Å². The number of aliphatic hydroxyl groups excluding tert-OH is 1. The second kappa shape index (κ2) is 6.09. The van der Waals surface area contributed by atoms with E-state index in [9.17, 15) is 14.7 Å². The lowest BCUT2D eigenvalue weighted by atomic mass is 9.89. The lowest BCUT2D eigenvalue weighted by Crippen LogP contribution is -2.40. The van der Waals surface area contributed by atoms with E-state index in [4.69, 9.17) is 14.2 Å². The van der Waals surface area contributed by atoms with Gasteiger partial charge in [0.25, 0.3) is 0 Å². The van der Waals surface area contributed by atoms with E-state index in [1.807, 2.05) is 6.92 Å². The minimum Gasteiger partial charge on any atom is -0.463 e. The van der Waals surface area contributed by atoms with Crippen molar-refractivity contribution in [2.24, 2.45) is 17.3 Å². The number of allylic oxidation sites excluding steroid dienone is 1. The molecule has 0 radical (unpaired) electrons. The van der Waals surface area contributed by atoms with Crippen molar-refractivity contribution in [3.63, 3.8) is 0 Å². The molecule has 3 rings (SSSR count). The molecule has 1 N–H and O–H groups in total. The summed E-state index contributed by atoms with van der Waals surface area (Å²) in [6, 6.07) is 0. The van der Waals surface area contributed by atoms with Crippen LogP contribution in [0.3, 0.4) is 0 Å². The zero-order chi connectivity index (χ0) is 18.6. The van der Waals surface area contributed by atoms with Crippen LogP contribution in [0.1, 0.15) is 47.5 Å². The summed E-state index contributed by atoms with van der Waals surface area (Å²) in [6.07, 6.45) is 1.59. The number of fused-ring (bicyclic) bond motifs is 2. The zero-order valence-electron chi connectivity index (χ0n) is 15.6. The number of hydrogen-bond acceptors (Lipinski definition) is 6. The minimum absolute atomic E-state index is 0.122. The molecule has 1 saturated heterocycles. The van der Waals surface area contributed by atoms with Gasteiger partial charge < -0.3 is 19.3 Å². The van der Waals surface area contributed by atoms with Gasteiger partial charge >= 0.3 is 11.9 Å². The summed E-state index contributed by atoms with van der Waals surface area (Å²) in [7, 11) is 0. The quantitative estimate of drug-likeness (QED) is 0.475. The Morgan fingerprint density at radius 2 is 2.00 bits per heavy atom. The Morgan fingerprint density at radius 1 is 1.32 bits per heavy atom. The molecule has 0 aromatic carbocycles. The van der Waals surface area contributed by atoms with Crippen LogP contribution in [0.2, 0.25) is 0 Å². The van der Waals surface area contributed by atoms with Crippen LogP contribution in [0, 0.1) is 17.3 Å². The van der Waals surface area contributed by atoms with E-state index in [0.717, 1.165) is 12.0 Å². The second-order valence-corrected chi connectivity index (χ2v) is 8.31. The van der Waals surface area contributed by atoms with Gasteiger partial charge in [0.05, 0.1) is 0 Å². The molecule has 1 saturated carbocycles. The Hall–Kier alpha value is -1.40. The molecule has 1 heterocycles. The molecule has 1 aliphatic heterocycles. The summed E-state index contributed by atoms with van der Waals surface area (Å²) in [5, 5.41) is 10.8. The molecule has 0 spiro atoms. The highest BCUT2D eigenvalue weighted by Gasteiger charge is 2.65. The smallest absolute Gasteiger partial charge is 0.303 e. The van der Waals surface area contributed by atoms with Crippen molar-refractivity contribution in [1.29, 1.82) is 0 Å². The number of epoxide rings is 1. The lowest BCUT2D eigenvalue weighted by molar-refractivity contribution is -0.150. The molecule has 6 atom stereocenters. The van der Waals surface area contributed by atoms with Gasteiger partial charge in [-0.25, -0.2) is 0 Å². The Bertz CT molecular complexity index is 609. The largest absolute Gasteiger partial charge is 0.463 e. The van der Waals surface area contributed by atoms with Crippen LogP contribution in [-0.4, -0.2) is 47.6 Å². The van der Waals surface area contributed by atoms with Crippen LogP contribution in [0.25, 0.3) is 0 Å². The third-order valence-corrected chi connectivity index (χ3v) is 6.16. The van der Waals surface area contributed by atoms with E-state index in [-0.39, 0.29) is 18.0 Å². The highest BCUT2D eigenvalue weighted by atomic mass is 16.7. The Balaban J connectivity index is 1.88. The van der Waals surface area contributed by atoms with Crippen LogP contribution in [0.15, 0.2) is 11.6 Å². The van der Waals surface area contributed by atoms with Gasteiger partial charge in [-0.05, 0) is 42.6 Å². The molecule has 0 aromatic rings. The topological polar surface area (TPSA) is 85.4 Å². The van der Waals surface area contributed by atoms with Gasteiger partial charge in [0.2, 0.25) is 0 Å². The van der Waals surface area contributed by atoms with E-state index >= 15 is 0 Å². The summed E-state index contributed by atoms with van der Waals surface area (Å²) in [5.41, 5.74) is 0.344. The molecule has 6 nitrogen and oxygen atoms in total. The summed E-state index contributed by atoms with van der Waals surface area (Å²) in [5.74, 6) is 0.0905. The fourth-order valence-corrected chi connectivity index (χ4v) is 4.43. The monoisotopic (exact) mass is 352 g/mol. The fourth-order valence-electron chi connectivity index (χ4n) is 4.43. The molecular formula is C19H28O6. The second-order valence-electron chi connectivity index (χ2n) is 8.31. The van der Waals surface area contributed by atoms with Crippen molar-refractivity contribution in [3.8, 4) is 0 Å². The normalized spacial score (nSPS) is 41.5. The van der Waals surface area contributed by atoms with E-state index in [1.165, 1.54) is 13.8 Å². The summed E-state index contributed by atoms with van der Waals surface area (Å²) < 4.78 is 16.4. The molecule has 25 heavy (non-hydrogen) atoms. The van der Waals surface area contributed by atoms with Gasteiger partial charge in [-0.15, -0.1) is 0 Å². The number of aliphatic hydroxyl groups is 1. The van der Waals surface area contributed by atoms with E-state index in [0.29, 0.717) is 18.3 Å². The summed E-state index contributed by atoms with van der Waals surface area (Å²) in [6.45, 7) is 9.16. The van der Waals surface area contributed by atoms with Crippen molar-refractivity contribution in [2.45, 2.75) is 71.4 Å². The van der Waals surface area contributed by atoms with Gasteiger partial charge in [0.15, 0.2) is 6.10 Å². The average Bonchev–Trinajstić information content (AvgIpc) is 3.35. The van der Waals surface area contributed by atoms with E-state index < -0.39 is 29.9 Å². The first-order chi connectivity index (χ1) is 11.6. The molecule has 3 aliphatic rings. The van der Waals surface area contributed by atoms with Crippen LogP contribution < -0.4 is 0 Å². The first-order valence-electron chi connectivity index (χ1n) is 8.93. The molecule has 0 amide bonds. The Labute approximate surface area is 148 Å². The summed E-state index contributed by atoms with van der Waals surface area (Å²) in [4.78, 5) is 22.7. The van der Waals surface area contributed by atoms with Gasteiger partial charge in [-0.1, -0.05) is 19.9 Å².